The number of benzene rings is 1. The molecule has 1 fully saturated rings. The van der Waals surface area contributed by atoms with Gasteiger partial charge in [0, 0.05) is 18.0 Å². The molecule has 3 heteroatoms. The van der Waals surface area contributed by atoms with Gasteiger partial charge in [-0.1, -0.05) is 19.4 Å². The summed E-state index contributed by atoms with van der Waals surface area (Å²) in [5, 5.41) is 0. The van der Waals surface area contributed by atoms with E-state index in [1.54, 1.807) is 6.07 Å². The average molecular weight is 225 g/mol. The molecule has 1 aromatic rings. The van der Waals surface area contributed by atoms with Crippen molar-refractivity contribution in [3.05, 3.63) is 35.4 Å². The number of hydrogen-bond acceptors (Lipinski definition) is 1. The monoisotopic (exact) mass is 225 g/mol. The molecule has 1 aliphatic rings. The molecule has 2 N–H and O–H groups in total. The van der Waals surface area contributed by atoms with Crippen LogP contribution < -0.4 is 5.73 Å². The Bertz CT molecular complexity index is 384. The molecular weight excluding hydrogens is 208 g/mol. The van der Waals surface area contributed by atoms with Crippen LogP contribution in [0.1, 0.15) is 31.7 Å². The van der Waals surface area contributed by atoms with Gasteiger partial charge in [0.25, 0.3) is 0 Å². The first-order valence-corrected chi connectivity index (χ1v) is 5.77. The molecule has 1 aliphatic carbocycles. The van der Waals surface area contributed by atoms with Crippen molar-refractivity contribution in [2.24, 2.45) is 11.7 Å². The van der Waals surface area contributed by atoms with Crippen molar-refractivity contribution in [1.29, 1.82) is 0 Å². The lowest BCUT2D eigenvalue weighted by atomic mass is 9.58. The van der Waals surface area contributed by atoms with Crippen LogP contribution in [-0.4, -0.2) is 6.54 Å². The van der Waals surface area contributed by atoms with Crippen molar-refractivity contribution in [2.45, 2.75) is 31.6 Å². The van der Waals surface area contributed by atoms with E-state index in [1.165, 1.54) is 6.07 Å². The average Bonchev–Trinajstić information content (AvgIpc) is 2.20. The van der Waals surface area contributed by atoms with Crippen LogP contribution >= 0.6 is 0 Å². The summed E-state index contributed by atoms with van der Waals surface area (Å²) >= 11 is 0. The van der Waals surface area contributed by atoms with Crippen LogP contribution in [0.25, 0.3) is 0 Å². The summed E-state index contributed by atoms with van der Waals surface area (Å²) in [5.74, 6) is -0.354. The van der Waals surface area contributed by atoms with Gasteiger partial charge in [-0.3, -0.25) is 0 Å². The zero-order valence-corrected chi connectivity index (χ0v) is 9.47. The summed E-state index contributed by atoms with van der Waals surface area (Å²) in [5.41, 5.74) is 6.10. The minimum Gasteiger partial charge on any atom is -0.330 e. The summed E-state index contributed by atoms with van der Waals surface area (Å²) in [6.07, 6.45) is 2.94. The highest BCUT2D eigenvalue weighted by molar-refractivity contribution is 5.31. The molecule has 88 valence electrons. The van der Waals surface area contributed by atoms with Crippen LogP contribution in [0.15, 0.2) is 18.2 Å². The minimum atomic E-state index is -0.528. The van der Waals surface area contributed by atoms with Crippen molar-refractivity contribution in [3.63, 3.8) is 0 Å². The van der Waals surface area contributed by atoms with E-state index >= 15 is 0 Å². The number of hydrogen-bond donors (Lipinski definition) is 1. The van der Waals surface area contributed by atoms with E-state index in [0.29, 0.717) is 18.0 Å². The maximum atomic E-state index is 13.7. The molecule has 1 aromatic carbocycles. The number of rotatable bonds is 3. The Morgan fingerprint density at radius 2 is 2.06 bits per heavy atom. The van der Waals surface area contributed by atoms with Crippen LogP contribution in [0, 0.1) is 17.6 Å². The Labute approximate surface area is 94.7 Å². The van der Waals surface area contributed by atoms with Crippen molar-refractivity contribution >= 4 is 0 Å². The van der Waals surface area contributed by atoms with Gasteiger partial charge in [-0.15, -0.1) is 0 Å². The molecule has 2 rings (SSSR count). The highest BCUT2D eigenvalue weighted by Gasteiger charge is 2.44. The predicted octanol–water partition coefficient (Wildman–Crippen LogP) is 2.98. The van der Waals surface area contributed by atoms with Crippen molar-refractivity contribution in [1.82, 2.24) is 0 Å². The third-order valence-electron chi connectivity index (χ3n) is 3.83. The summed E-state index contributed by atoms with van der Waals surface area (Å²) in [4.78, 5) is 0. The topological polar surface area (TPSA) is 26.0 Å². The first-order chi connectivity index (χ1) is 7.61. The van der Waals surface area contributed by atoms with Crippen molar-refractivity contribution in [2.75, 3.05) is 6.54 Å². The molecular formula is C13H17F2N. The second-order valence-electron chi connectivity index (χ2n) is 4.79. The Hall–Kier alpha value is -0.960. The van der Waals surface area contributed by atoms with Gasteiger partial charge in [0.1, 0.15) is 11.6 Å². The molecule has 0 saturated heterocycles. The molecule has 0 heterocycles. The van der Waals surface area contributed by atoms with Crippen LogP contribution in [0.5, 0.6) is 0 Å². The van der Waals surface area contributed by atoms with Gasteiger partial charge in [-0.2, -0.15) is 0 Å². The first kappa shape index (κ1) is 11.5. The van der Waals surface area contributed by atoms with Crippen LogP contribution in [-0.2, 0) is 5.41 Å². The van der Waals surface area contributed by atoms with Crippen LogP contribution in [0.2, 0.25) is 0 Å². The smallest absolute Gasteiger partial charge is 0.129 e. The second kappa shape index (κ2) is 4.13. The fourth-order valence-corrected chi connectivity index (χ4v) is 2.75. The van der Waals surface area contributed by atoms with E-state index in [-0.39, 0.29) is 5.41 Å². The van der Waals surface area contributed by atoms with Gasteiger partial charge in [0.05, 0.1) is 0 Å². The molecule has 0 aliphatic heterocycles. The molecule has 16 heavy (non-hydrogen) atoms. The third-order valence-corrected chi connectivity index (χ3v) is 3.83. The number of nitrogens with two attached hydrogens (primary N) is 1. The quantitative estimate of drug-likeness (QED) is 0.840. The molecule has 1 saturated carbocycles. The van der Waals surface area contributed by atoms with E-state index < -0.39 is 11.6 Å². The van der Waals surface area contributed by atoms with E-state index in [4.69, 9.17) is 5.73 Å². The molecule has 0 unspecified atom stereocenters. The normalized spacial score (nSPS) is 28.9. The van der Waals surface area contributed by atoms with Crippen LogP contribution in [0.4, 0.5) is 8.78 Å². The maximum absolute atomic E-state index is 13.7. The van der Waals surface area contributed by atoms with Crippen molar-refractivity contribution < 1.29 is 8.78 Å². The largest absolute Gasteiger partial charge is 0.330 e. The Kier molecular flexibility index (Phi) is 2.98. The Balaban J connectivity index is 2.28. The summed E-state index contributed by atoms with van der Waals surface area (Å²) in [6.45, 7) is 2.57. The standard InChI is InChI=1S/C13H17F2N/c1-2-9-6-13(7-9,8-16)11-4-3-10(14)5-12(11)15/h3-5,9H,2,6-8,16H2,1H3. The van der Waals surface area contributed by atoms with Gasteiger partial charge < -0.3 is 5.73 Å². The van der Waals surface area contributed by atoms with Gasteiger partial charge in [-0.25, -0.2) is 8.78 Å². The third kappa shape index (κ3) is 1.73. The highest BCUT2D eigenvalue weighted by Crippen LogP contribution is 2.49. The second-order valence-corrected chi connectivity index (χ2v) is 4.79. The molecule has 0 radical (unpaired) electrons. The van der Waals surface area contributed by atoms with Gasteiger partial charge in [0.15, 0.2) is 0 Å². The molecule has 0 bridgehead atoms. The fraction of sp³-hybridized carbons (Fsp3) is 0.538. The molecule has 0 aromatic heterocycles. The zero-order chi connectivity index (χ0) is 11.8. The Morgan fingerprint density at radius 1 is 1.38 bits per heavy atom. The Morgan fingerprint density at radius 3 is 2.56 bits per heavy atom. The predicted molar refractivity (Wildman–Crippen MR) is 60.1 cm³/mol. The summed E-state index contributed by atoms with van der Waals surface area (Å²) in [6, 6.07) is 3.81. The lowest BCUT2D eigenvalue weighted by Crippen LogP contribution is -2.47. The fourth-order valence-electron chi connectivity index (χ4n) is 2.75. The highest BCUT2D eigenvalue weighted by atomic mass is 19.1. The van der Waals surface area contributed by atoms with Crippen LogP contribution in [0.3, 0.4) is 0 Å². The summed E-state index contributed by atoms with van der Waals surface area (Å²) < 4.78 is 26.5. The van der Waals surface area contributed by atoms with E-state index in [1.807, 2.05) is 0 Å². The van der Waals surface area contributed by atoms with Crippen molar-refractivity contribution in [3.8, 4) is 0 Å². The molecule has 1 nitrogen and oxygen atoms in total. The number of halogens is 2. The summed E-state index contributed by atoms with van der Waals surface area (Å²) in [7, 11) is 0. The maximum Gasteiger partial charge on any atom is 0.129 e. The van der Waals surface area contributed by atoms with Gasteiger partial charge in [-0.05, 0) is 30.4 Å². The van der Waals surface area contributed by atoms with E-state index in [2.05, 4.69) is 6.92 Å². The lowest BCUT2D eigenvalue weighted by Gasteiger charge is -2.47. The van der Waals surface area contributed by atoms with E-state index in [9.17, 15) is 8.78 Å². The SMILES string of the molecule is CCC1CC(CN)(c2ccc(F)cc2F)C1. The molecule has 0 amide bonds. The first-order valence-electron chi connectivity index (χ1n) is 5.77. The molecule has 0 spiro atoms. The zero-order valence-electron chi connectivity index (χ0n) is 9.47. The van der Waals surface area contributed by atoms with Gasteiger partial charge >= 0.3 is 0 Å². The molecule has 0 atom stereocenters. The van der Waals surface area contributed by atoms with Gasteiger partial charge in [0.2, 0.25) is 0 Å². The van der Waals surface area contributed by atoms with E-state index in [0.717, 1.165) is 25.3 Å². The minimum absolute atomic E-state index is 0.252. The lowest BCUT2D eigenvalue weighted by molar-refractivity contribution is 0.140.